The number of methoxy groups -OCH3 is 1. The van der Waals surface area contributed by atoms with Gasteiger partial charge in [0.2, 0.25) is 11.8 Å². The molecule has 1 saturated carbocycles. The molecule has 1 fully saturated rings. The molecule has 1 aliphatic carbocycles. The van der Waals surface area contributed by atoms with E-state index in [2.05, 4.69) is 5.32 Å². The van der Waals surface area contributed by atoms with Crippen molar-refractivity contribution < 1.29 is 23.9 Å². The van der Waals surface area contributed by atoms with Crippen LogP contribution in [0.4, 0.5) is 5.69 Å². The fourth-order valence-electron chi connectivity index (χ4n) is 4.15. The molecule has 1 aromatic rings. The highest BCUT2D eigenvalue weighted by molar-refractivity contribution is 5.99. The van der Waals surface area contributed by atoms with Gasteiger partial charge in [-0.25, -0.2) is 0 Å². The molecule has 0 saturated heterocycles. The van der Waals surface area contributed by atoms with Gasteiger partial charge in [-0.05, 0) is 46.0 Å². The lowest BCUT2D eigenvalue weighted by atomic mass is 10.0. The Labute approximate surface area is 202 Å². The molecule has 0 unspecified atom stereocenters. The number of rotatable bonds is 5. The molecule has 0 bridgehead atoms. The molecule has 1 N–H and O–H groups in total. The first-order valence-electron chi connectivity index (χ1n) is 11.9. The number of carbonyl (C=O) groups excluding carboxylic acids is 3. The smallest absolute Gasteiger partial charge is 0.257 e. The Balaban J connectivity index is 1.92. The number of carbonyl (C=O) groups is 3. The maximum atomic E-state index is 13.3. The van der Waals surface area contributed by atoms with E-state index in [1.54, 1.807) is 37.3 Å². The van der Waals surface area contributed by atoms with Crippen molar-refractivity contribution >= 4 is 23.4 Å². The van der Waals surface area contributed by atoms with Gasteiger partial charge in [-0.2, -0.15) is 0 Å². The Morgan fingerprint density at radius 3 is 2.53 bits per heavy atom. The third-order valence-corrected chi connectivity index (χ3v) is 6.43. The summed E-state index contributed by atoms with van der Waals surface area (Å²) in [7, 11) is 7.10. The van der Waals surface area contributed by atoms with E-state index in [0.717, 1.165) is 12.8 Å². The molecule has 1 aliphatic heterocycles. The van der Waals surface area contributed by atoms with E-state index in [1.165, 1.54) is 0 Å². The number of hydrogen-bond acceptors (Lipinski definition) is 6. The summed E-state index contributed by atoms with van der Waals surface area (Å²) in [6.07, 6.45) is 1.57. The molecule has 3 rings (SSSR count). The maximum absolute atomic E-state index is 13.3. The zero-order valence-electron chi connectivity index (χ0n) is 21.2. The zero-order chi connectivity index (χ0) is 25.0. The first-order valence-corrected chi connectivity index (χ1v) is 11.9. The molecule has 0 aromatic heterocycles. The second kappa shape index (κ2) is 11.2. The Kier molecular flexibility index (Phi) is 8.54. The van der Waals surface area contributed by atoms with E-state index in [4.69, 9.17) is 9.47 Å². The van der Waals surface area contributed by atoms with Crippen LogP contribution in [0.5, 0.6) is 5.75 Å². The lowest BCUT2D eigenvalue weighted by Crippen LogP contribution is -2.50. The molecule has 9 nitrogen and oxygen atoms in total. The maximum Gasteiger partial charge on any atom is 0.257 e. The van der Waals surface area contributed by atoms with Crippen LogP contribution in [0.25, 0.3) is 0 Å². The lowest BCUT2D eigenvalue weighted by molar-refractivity contribution is -0.136. The van der Waals surface area contributed by atoms with Crippen LogP contribution >= 0.6 is 0 Å². The SMILES string of the molecule is CO[C@H]1CN(C)C(=O)c2ccc(NC(=O)C3CC3)cc2OC[C@H](C)N(C(=O)CN(C)C)C[C@H]1C. The number of benzene rings is 1. The van der Waals surface area contributed by atoms with E-state index in [0.29, 0.717) is 36.6 Å². The molecule has 3 amide bonds. The van der Waals surface area contributed by atoms with Gasteiger partial charge in [-0.1, -0.05) is 6.92 Å². The average Bonchev–Trinajstić information content (AvgIpc) is 3.63. The van der Waals surface area contributed by atoms with Gasteiger partial charge in [0.25, 0.3) is 5.91 Å². The van der Waals surface area contributed by atoms with Gasteiger partial charge in [-0.15, -0.1) is 0 Å². The Morgan fingerprint density at radius 1 is 1.21 bits per heavy atom. The van der Waals surface area contributed by atoms with Gasteiger partial charge in [0, 0.05) is 50.8 Å². The summed E-state index contributed by atoms with van der Waals surface area (Å²) >= 11 is 0. The third kappa shape index (κ3) is 6.48. The highest BCUT2D eigenvalue weighted by atomic mass is 16.5. The summed E-state index contributed by atoms with van der Waals surface area (Å²) in [5.74, 6) is 0.280. The Morgan fingerprint density at radius 2 is 1.91 bits per heavy atom. The van der Waals surface area contributed by atoms with Gasteiger partial charge < -0.3 is 29.5 Å². The molecular formula is C25H38N4O5. The number of nitrogens with zero attached hydrogens (tertiary/aromatic N) is 3. The van der Waals surface area contributed by atoms with E-state index in [9.17, 15) is 14.4 Å². The summed E-state index contributed by atoms with van der Waals surface area (Å²) in [5, 5.41) is 2.91. The van der Waals surface area contributed by atoms with E-state index in [1.807, 2.05) is 37.7 Å². The summed E-state index contributed by atoms with van der Waals surface area (Å²) in [4.78, 5) is 43.9. The van der Waals surface area contributed by atoms with Crippen LogP contribution in [0, 0.1) is 11.8 Å². The number of anilines is 1. The molecule has 3 atom stereocenters. The monoisotopic (exact) mass is 474 g/mol. The van der Waals surface area contributed by atoms with Crippen molar-refractivity contribution in [3.05, 3.63) is 23.8 Å². The Hall–Kier alpha value is -2.65. The topological polar surface area (TPSA) is 91.4 Å². The van der Waals surface area contributed by atoms with Crippen molar-refractivity contribution in [1.29, 1.82) is 0 Å². The van der Waals surface area contributed by atoms with Crippen molar-refractivity contribution in [3.63, 3.8) is 0 Å². The second-order valence-electron chi connectivity index (χ2n) is 9.86. The number of hydrogen-bond donors (Lipinski definition) is 1. The molecule has 0 radical (unpaired) electrons. The minimum Gasteiger partial charge on any atom is -0.491 e. The Bertz CT molecular complexity index is 901. The quantitative estimate of drug-likeness (QED) is 0.701. The minimum absolute atomic E-state index is 0.00715. The highest BCUT2D eigenvalue weighted by Gasteiger charge is 2.32. The summed E-state index contributed by atoms with van der Waals surface area (Å²) in [6.45, 7) is 5.35. The zero-order valence-corrected chi connectivity index (χ0v) is 21.2. The van der Waals surface area contributed by atoms with Gasteiger partial charge >= 0.3 is 0 Å². The van der Waals surface area contributed by atoms with Gasteiger partial charge in [0.05, 0.1) is 24.3 Å². The average molecular weight is 475 g/mol. The summed E-state index contributed by atoms with van der Waals surface area (Å²) in [5.41, 5.74) is 1.00. The first-order chi connectivity index (χ1) is 16.1. The largest absolute Gasteiger partial charge is 0.491 e. The van der Waals surface area contributed by atoms with Gasteiger partial charge in [0.15, 0.2) is 0 Å². The van der Waals surface area contributed by atoms with Crippen LogP contribution in [-0.2, 0) is 14.3 Å². The van der Waals surface area contributed by atoms with Crippen LogP contribution < -0.4 is 10.1 Å². The molecule has 1 aromatic carbocycles. The van der Waals surface area contributed by atoms with Crippen molar-refractivity contribution in [2.45, 2.75) is 38.8 Å². The molecule has 9 heteroatoms. The van der Waals surface area contributed by atoms with Crippen LogP contribution in [-0.4, -0.2) is 99.1 Å². The second-order valence-corrected chi connectivity index (χ2v) is 9.86. The predicted octanol–water partition coefficient (Wildman–Crippen LogP) is 1.93. The summed E-state index contributed by atoms with van der Waals surface area (Å²) < 4.78 is 11.9. The number of amides is 3. The molecular weight excluding hydrogens is 436 g/mol. The van der Waals surface area contributed by atoms with Gasteiger partial charge in [0.1, 0.15) is 12.4 Å². The van der Waals surface area contributed by atoms with E-state index < -0.39 is 0 Å². The first kappa shape index (κ1) is 26.0. The fourth-order valence-corrected chi connectivity index (χ4v) is 4.15. The van der Waals surface area contributed by atoms with Crippen LogP contribution in [0.2, 0.25) is 0 Å². The lowest BCUT2D eigenvalue weighted by Gasteiger charge is -2.36. The minimum atomic E-state index is -0.239. The summed E-state index contributed by atoms with van der Waals surface area (Å²) in [6, 6.07) is 4.89. The predicted molar refractivity (Wildman–Crippen MR) is 130 cm³/mol. The van der Waals surface area contributed by atoms with Crippen LogP contribution in [0.3, 0.4) is 0 Å². The normalized spacial score (nSPS) is 24.1. The molecule has 2 aliphatic rings. The molecule has 1 heterocycles. The molecule has 0 spiro atoms. The van der Waals surface area contributed by atoms with E-state index >= 15 is 0 Å². The van der Waals surface area contributed by atoms with Crippen molar-refractivity contribution in [2.24, 2.45) is 11.8 Å². The number of nitrogens with one attached hydrogen (secondary N) is 1. The fraction of sp³-hybridized carbons (Fsp3) is 0.640. The van der Waals surface area contributed by atoms with Crippen LogP contribution in [0.1, 0.15) is 37.0 Å². The van der Waals surface area contributed by atoms with Crippen molar-refractivity contribution in [3.8, 4) is 5.75 Å². The van der Waals surface area contributed by atoms with Gasteiger partial charge in [-0.3, -0.25) is 14.4 Å². The molecule has 188 valence electrons. The number of fused-ring (bicyclic) bond motifs is 1. The van der Waals surface area contributed by atoms with E-state index in [-0.39, 0.29) is 48.3 Å². The molecule has 34 heavy (non-hydrogen) atoms. The number of likely N-dealkylation sites (N-methyl/N-ethyl adjacent to an activating group) is 2. The highest BCUT2D eigenvalue weighted by Crippen LogP contribution is 2.32. The third-order valence-electron chi connectivity index (χ3n) is 6.43. The number of ether oxygens (including phenoxy) is 2. The van der Waals surface area contributed by atoms with Crippen molar-refractivity contribution in [1.82, 2.24) is 14.7 Å². The standard InChI is InChI=1S/C25H38N4O5/c1-16-12-29(23(30)14-27(3)4)17(2)15-34-21-11-19(26-24(31)18-7-8-18)9-10-20(21)25(32)28(5)13-22(16)33-6/h9-11,16-18,22H,7-8,12-15H2,1-6H3,(H,26,31)/t16-,17+,22+/m1/s1. The van der Waals surface area contributed by atoms with Crippen LogP contribution in [0.15, 0.2) is 18.2 Å². The van der Waals surface area contributed by atoms with Crippen molar-refractivity contribution in [2.75, 3.05) is 59.8 Å².